The van der Waals surface area contributed by atoms with Crippen molar-refractivity contribution < 1.29 is 19.0 Å². The van der Waals surface area contributed by atoms with Crippen molar-refractivity contribution >= 4 is 23.0 Å². The molecule has 30 heavy (non-hydrogen) atoms. The summed E-state index contributed by atoms with van der Waals surface area (Å²) < 4.78 is 18.2. The summed E-state index contributed by atoms with van der Waals surface area (Å²) in [5.74, 6) is 2.07. The predicted molar refractivity (Wildman–Crippen MR) is 119 cm³/mol. The van der Waals surface area contributed by atoms with Crippen molar-refractivity contribution in [1.82, 2.24) is 5.32 Å². The zero-order valence-electron chi connectivity index (χ0n) is 17.6. The number of rotatable bonds is 5. The average Bonchev–Trinajstić information content (AvgIpc) is 2.99. The first kappa shape index (κ1) is 20.8. The number of ketones is 1. The average molecular weight is 426 g/mol. The lowest BCUT2D eigenvalue weighted by Crippen LogP contribution is -2.65. The standard InChI is InChI=1S/C24H27NO4S/c1-16(26)24(25-17(2)30)21-15-20(28-19-7-5-4-6-8-19)9-10-22(21)29-23(24)13-11-18(27-3)12-14-23/h4-10,15,18H,11-14H2,1-3H3,(H,25,30). The SMILES string of the molecule is COC1CCC2(CC1)Oc1ccc(Oc3ccccc3)cc1C2(NC(C)=S)C(C)=O. The number of hydrogen-bond donors (Lipinski definition) is 1. The lowest BCUT2D eigenvalue weighted by atomic mass is 9.66. The van der Waals surface area contributed by atoms with Gasteiger partial charge in [-0.2, -0.15) is 0 Å². The Bertz CT molecular complexity index is 953. The van der Waals surface area contributed by atoms with Crippen LogP contribution in [0.25, 0.3) is 0 Å². The Morgan fingerprint density at radius 2 is 1.80 bits per heavy atom. The molecule has 1 N–H and O–H groups in total. The van der Waals surface area contributed by atoms with Crippen molar-refractivity contribution in [2.24, 2.45) is 0 Å². The van der Waals surface area contributed by atoms with E-state index in [2.05, 4.69) is 5.32 Å². The summed E-state index contributed by atoms with van der Waals surface area (Å²) in [5, 5.41) is 3.36. The van der Waals surface area contributed by atoms with Crippen LogP contribution in [-0.4, -0.2) is 29.6 Å². The van der Waals surface area contributed by atoms with Gasteiger partial charge in [-0.1, -0.05) is 30.4 Å². The number of methoxy groups -OCH3 is 1. The Labute approximate surface area is 182 Å². The van der Waals surface area contributed by atoms with Crippen molar-refractivity contribution in [2.75, 3.05) is 7.11 Å². The third-order valence-electron chi connectivity index (χ3n) is 6.29. The van der Waals surface area contributed by atoms with E-state index in [0.29, 0.717) is 29.3 Å². The van der Waals surface area contributed by atoms with Crippen molar-refractivity contribution in [3.05, 3.63) is 54.1 Å². The fourth-order valence-electron chi connectivity index (χ4n) is 4.93. The largest absolute Gasteiger partial charge is 0.484 e. The fraction of sp³-hybridized carbons (Fsp3) is 0.417. The number of nitrogens with one attached hydrogen (secondary N) is 1. The van der Waals surface area contributed by atoms with Gasteiger partial charge in [0.2, 0.25) is 0 Å². The quantitative estimate of drug-likeness (QED) is 0.686. The highest BCUT2D eigenvalue weighted by atomic mass is 32.1. The number of benzene rings is 2. The second-order valence-electron chi connectivity index (χ2n) is 8.09. The molecule has 6 heteroatoms. The van der Waals surface area contributed by atoms with Crippen LogP contribution in [0.3, 0.4) is 0 Å². The molecule has 1 fully saturated rings. The molecule has 2 aliphatic rings. The first-order valence-corrected chi connectivity index (χ1v) is 10.7. The van der Waals surface area contributed by atoms with Gasteiger partial charge in [0.05, 0.1) is 11.1 Å². The van der Waals surface area contributed by atoms with Gasteiger partial charge in [0.25, 0.3) is 0 Å². The molecule has 0 radical (unpaired) electrons. The van der Waals surface area contributed by atoms with Crippen LogP contribution in [0.15, 0.2) is 48.5 Å². The number of carbonyl (C=O) groups is 1. The van der Waals surface area contributed by atoms with E-state index in [4.69, 9.17) is 26.4 Å². The molecule has 1 heterocycles. The molecular formula is C24H27NO4S. The monoisotopic (exact) mass is 425 g/mol. The molecular weight excluding hydrogens is 398 g/mol. The molecule has 0 bridgehead atoms. The van der Waals surface area contributed by atoms with Gasteiger partial charge in [-0.05, 0) is 69.9 Å². The molecule has 1 saturated carbocycles. The van der Waals surface area contributed by atoms with Gasteiger partial charge in [0, 0.05) is 12.7 Å². The number of ether oxygens (including phenoxy) is 3. The molecule has 4 rings (SSSR count). The Hall–Kier alpha value is -2.44. The first-order valence-electron chi connectivity index (χ1n) is 10.3. The molecule has 1 aliphatic heterocycles. The van der Waals surface area contributed by atoms with Crippen LogP contribution in [0.4, 0.5) is 0 Å². The number of para-hydroxylation sites is 1. The summed E-state index contributed by atoms with van der Waals surface area (Å²) in [4.78, 5) is 13.8. The van der Waals surface area contributed by atoms with Gasteiger partial charge < -0.3 is 19.5 Å². The van der Waals surface area contributed by atoms with Crippen molar-refractivity contribution in [3.63, 3.8) is 0 Å². The molecule has 158 valence electrons. The first-order chi connectivity index (χ1) is 14.4. The maximum atomic E-state index is 13.3. The van der Waals surface area contributed by atoms with Gasteiger partial charge in [-0.25, -0.2) is 0 Å². The van der Waals surface area contributed by atoms with Gasteiger partial charge in [-0.3, -0.25) is 4.79 Å². The molecule has 2 aromatic carbocycles. The van der Waals surface area contributed by atoms with Crippen LogP contribution in [0.5, 0.6) is 17.2 Å². The van der Waals surface area contributed by atoms with Crippen LogP contribution < -0.4 is 14.8 Å². The highest BCUT2D eigenvalue weighted by molar-refractivity contribution is 7.80. The topological polar surface area (TPSA) is 56.8 Å². The number of Topliss-reactive ketones (excluding diaryl/α,β-unsaturated/α-hetero) is 1. The Morgan fingerprint density at radius 1 is 1.10 bits per heavy atom. The maximum Gasteiger partial charge on any atom is 0.166 e. The van der Waals surface area contributed by atoms with E-state index < -0.39 is 11.1 Å². The predicted octanol–water partition coefficient (Wildman–Crippen LogP) is 4.92. The zero-order chi connectivity index (χ0) is 21.4. The van der Waals surface area contributed by atoms with E-state index in [9.17, 15) is 4.79 Å². The lowest BCUT2D eigenvalue weighted by molar-refractivity contribution is -0.135. The molecule has 0 saturated heterocycles. The van der Waals surface area contributed by atoms with Crippen LogP contribution >= 0.6 is 12.2 Å². The van der Waals surface area contributed by atoms with E-state index >= 15 is 0 Å². The van der Waals surface area contributed by atoms with E-state index in [-0.39, 0.29) is 11.9 Å². The van der Waals surface area contributed by atoms with Crippen LogP contribution in [-0.2, 0) is 15.1 Å². The van der Waals surface area contributed by atoms with Crippen LogP contribution in [0, 0.1) is 0 Å². The Kier molecular flexibility index (Phi) is 5.55. The molecule has 1 aliphatic carbocycles. The van der Waals surface area contributed by atoms with E-state index in [0.717, 1.165) is 24.2 Å². The summed E-state index contributed by atoms with van der Waals surface area (Å²) in [6.07, 6.45) is 3.23. The smallest absolute Gasteiger partial charge is 0.166 e. The van der Waals surface area contributed by atoms with E-state index in [1.807, 2.05) is 48.5 Å². The minimum Gasteiger partial charge on any atom is -0.484 e. The van der Waals surface area contributed by atoms with E-state index in [1.165, 1.54) is 0 Å². The van der Waals surface area contributed by atoms with Gasteiger partial charge in [0.15, 0.2) is 11.3 Å². The van der Waals surface area contributed by atoms with Crippen molar-refractivity contribution in [2.45, 2.75) is 56.8 Å². The number of carbonyl (C=O) groups excluding carboxylic acids is 1. The zero-order valence-corrected chi connectivity index (χ0v) is 18.4. The fourth-order valence-corrected chi connectivity index (χ4v) is 5.08. The van der Waals surface area contributed by atoms with E-state index in [1.54, 1.807) is 21.0 Å². The highest BCUT2D eigenvalue weighted by Crippen LogP contribution is 2.55. The third-order valence-corrected chi connectivity index (χ3v) is 6.39. The molecule has 5 nitrogen and oxygen atoms in total. The van der Waals surface area contributed by atoms with Crippen molar-refractivity contribution in [1.29, 1.82) is 0 Å². The molecule has 1 spiro atoms. The molecule has 0 aromatic heterocycles. The van der Waals surface area contributed by atoms with Gasteiger partial charge in [-0.15, -0.1) is 0 Å². The summed E-state index contributed by atoms with van der Waals surface area (Å²) in [6, 6.07) is 15.3. The second kappa shape index (κ2) is 8.00. The summed E-state index contributed by atoms with van der Waals surface area (Å²) in [6.45, 7) is 3.41. The number of thiocarbonyl (C=S) groups is 1. The van der Waals surface area contributed by atoms with Gasteiger partial charge in [0.1, 0.15) is 22.8 Å². The number of hydrogen-bond acceptors (Lipinski definition) is 5. The minimum atomic E-state index is -1.05. The Morgan fingerprint density at radius 3 is 2.40 bits per heavy atom. The van der Waals surface area contributed by atoms with Gasteiger partial charge >= 0.3 is 0 Å². The second-order valence-corrected chi connectivity index (χ2v) is 8.70. The number of fused-ring (bicyclic) bond motifs is 1. The molecule has 1 unspecified atom stereocenters. The Balaban J connectivity index is 1.79. The summed E-state index contributed by atoms with van der Waals surface area (Å²) in [5.41, 5.74) is -0.978. The maximum absolute atomic E-state index is 13.3. The highest BCUT2D eigenvalue weighted by Gasteiger charge is 2.64. The minimum absolute atomic E-state index is 0.0156. The lowest BCUT2D eigenvalue weighted by Gasteiger charge is -2.47. The summed E-state index contributed by atoms with van der Waals surface area (Å²) >= 11 is 5.41. The normalized spacial score (nSPS) is 27.2. The molecule has 0 amide bonds. The summed E-state index contributed by atoms with van der Waals surface area (Å²) in [7, 11) is 1.73. The van der Waals surface area contributed by atoms with Crippen LogP contribution in [0.2, 0.25) is 0 Å². The molecule has 2 aromatic rings. The van der Waals surface area contributed by atoms with Crippen molar-refractivity contribution in [3.8, 4) is 17.2 Å². The molecule has 1 atom stereocenters. The third kappa shape index (κ3) is 3.38. The van der Waals surface area contributed by atoms with Crippen LogP contribution in [0.1, 0.15) is 45.1 Å².